The summed E-state index contributed by atoms with van der Waals surface area (Å²) in [5, 5.41) is 3.86. The van der Waals surface area contributed by atoms with Crippen molar-refractivity contribution in [1.82, 2.24) is 4.98 Å². The molecule has 152 valence electrons. The second kappa shape index (κ2) is 8.96. The highest BCUT2D eigenvalue weighted by Gasteiger charge is 2.18. The van der Waals surface area contributed by atoms with E-state index < -0.39 is 0 Å². The van der Waals surface area contributed by atoms with E-state index in [4.69, 9.17) is 18.6 Å². The first kappa shape index (κ1) is 19.3. The molecular formula is C22H24N2O5. The van der Waals surface area contributed by atoms with Gasteiger partial charge < -0.3 is 23.9 Å². The molecule has 3 aromatic rings. The third-order valence-corrected chi connectivity index (χ3v) is 4.87. The summed E-state index contributed by atoms with van der Waals surface area (Å²) in [5.74, 6) is 1.79. The highest BCUT2D eigenvalue weighted by atomic mass is 16.5. The fourth-order valence-corrected chi connectivity index (χ4v) is 3.49. The molecule has 0 unspecified atom stereocenters. The average molecular weight is 396 g/mol. The highest BCUT2D eigenvalue weighted by molar-refractivity contribution is 5.93. The van der Waals surface area contributed by atoms with Gasteiger partial charge in [0.05, 0.1) is 6.61 Å². The van der Waals surface area contributed by atoms with Crippen molar-refractivity contribution in [2.75, 3.05) is 32.2 Å². The van der Waals surface area contributed by atoms with Crippen molar-refractivity contribution in [3.05, 3.63) is 47.9 Å². The Balaban J connectivity index is 1.39. The Bertz CT molecular complexity index is 998. The summed E-state index contributed by atoms with van der Waals surface area (Å²) in [4.78, 5) is 16.5. The number of nitrogens with zero attached hydrogens (tertiary/aromatic N) is 1. The van der Waals surface area contributed by atoms with Crippen LogP contribution in [0.3, 0.4) is 0 Å². The van der Waals surface area contributed by atoms with Crippen molar-refractivity contribution in [3.63, 3.8) is 0 Å². The van der Waals surface area contributed by atoms with Crippen LogP contribution in [0.2, 0.25) is 0 Å². The molecule has 0 spiro atoms. The van der Waals surface area contributed by atoms with E-state index in [2.05, 4.69) is 10.3 Å². The van der Waals surface area contributed by atoms with Crippen LogP contribution in [0.4, 0.5) is 5.69 Å². The number of carbonyl (C=O) groups excluding carboxylic acids is 1. The van der Waals surface area contributed by atoms with Crippen molar-refractivity contribution in [1.29, 1.82) is 0 Å². The highest BCUT2D eigenvalue weighted by Crippen LogP contribution is 2.34. The summed E-state index contributed by atoms with van der Waals surface area (Å²) >= 11 is 0. The number of hydrogen-bond donors (Lipinski definition) is 1. The first-order chi connectivity index (χ1) is 14.2. The van der Waals surface area contributed by atoms with Crippen molar-refractivity contribution in [2.24, 2.45) is 0 Å². The quantitative estimate of drug-likeness (QED) is 0.584. The number of aryl methyl sites for hydroxylation is 2. The minimum atomic E-state index is -0.288. The topological polar surface area (TPSA) is 82.8 Å². The van der Waals surface area contributed by atoms with Crippen LogP contribution in [-0.4, -0.2) is 37.8 Å². The lowest BCUT2D eigenvalue weighted by molar-refractivity contribution is -0.118. The maximum atomic E-state index is 12.4. The molecule has 2 aromatic heterocycles. The number of pyridine rings is 1. The first-order valence-electron chi connectivity index (χ1n) is 9.78. The van der Waals surface area contributed by atoms with E-state index in [9.17, 15) is 4.79 Å². The van der Waals surface area contributed by atoms with Gasteiger partial charge in [0.2, 0.25) is 5.88 Å². The van der Waals surface area contributed by atoms with Crippen LogP contribution in [0, 0.1) is 0 Å². The summed E-state index contributed by atoms with van der Waals surface area (Å²) in [6.45, 7) is 0.674. The Labute approximate surface area is 169 Å². The van der Waals surface area contributed by atoms with Gasteiger partial charge in [0.25, 0.3) is 5.91 Å². The minimum absolute atomic E-state index is 0.113. The van der Waals surface area contributed by atoms with E-state index >= 15 is 0 Å². The summed E-state index contributed by atoms with van der Waals surface area (Å²) < 4.78 is 22.1. The van der Waals surface area contributed by atoms with E-state index in [0.717, 1.165) is 29.6 Å². The average Bonchev–Trinajstić information content (AvgIpc) is 3.12. The predicted octanol–water partition coefficient (Wildman–Crippen LogP) is 3.75. The Kier molecular flexibility index (Phi) is 5.95. The maximum absolute atomic E-state index is 12.4. The third-order valence-electron chi connectivity index (χ3n) is 4.87. The molecule has 2 heterocycles. The number of furan rings is 1. The largest absolute Gasteiger partial charge is 0.484 e. The van der Waals surface area contributed by atoms with Crippen LogP contribution >= 0.6 is 0 Å². The van der Waals surface area contributed by atoms with Gasteiger partial charge in [0.15, 0.2) is 6.61 Å². The third kappa shape index (κ3) is 4.51. The van der Waals surface area contributed by atoms with Gasteiger partial charge in [0.1, 0.15) is 29.4 Å². The number of methoxy groups -OCH3 is 1. The molecule has 0 aliphatic heterocycles. The number of ether oxygens (including phenoxy) is 3. The van der Waals surface area contributed by atoms with E-state index in [-0.39, 0.29) is 12.5 Å². The summed E-state index contributed by atoms with van der Waals surface area (Å²) in [6, 6.07) is 9.16. The summed E-state index contributed by atoms with van der Waals surface area (Å²) in [6.07, 6.45) is 5.97. The normalized spacial score (nSPS) is 13.1. The number of carbonyl (C=O) groups is 1. The number of aromatic nitrogens is 1. The smallest absolute Gasteiger partial charge is 0.262 e. The maximum Gasteiger partial charge on any atom is 0.262 e. The molecule has 1 aliphatic carbocycles. The molecule has 0 atom stereocenters. The molecule has 4 rings (SSSR count). The molecule has 0 saturated heterocycles. The molecule has 29 heavy (non-hydrogen) atoms. The van der Waals surface area contributed by atoms with E-state index in [1.165, 1.54) is 18.4 Å². The molecule has 7 heteroatoms. The zero-order valence-corrected chi connectivity index (χ0v) is 16.4. The molecule has 1 aliphatic rings. The second-order valence-corrected chi connectivity index (χ2v) is 6.90. The molecule has 0 saturated carbocycles. The van der Waals surface area contributed by atoms with Gasteiger partial charge in [-0.1, -0.05) is 0 Å². The number of fused-ring (bicyclic) bond motifs is 3. The molecule has 1 amide bonds. The van der Waals surface area contributed by atoms with E-state index in [1.54, 1.807) is 25.4 Å². The van der Waals surface area contributed by atoms with Crippen LogP contribution in [0.5, 0.6) is 11.6 Å². The van der Waals surface area contributed by atoms with E-state index in [1.807, 2.05) is 18.2 Å². The number of hydrogen-bond acceptors (Lipinski definition) is 6. The number of rotatable bonds is 8. The molecule has 1 N–H and O–H groups in total. The first-order valence-corrected chi connectivity index (χ1v) is 9.78. The number of anilines is 1. The standard InChI is InChI=1S/C22H24N2O5/c1-26-11-12-27-22-18(6-4-10-23-22)24-21(25)14-28-15-8-9-20-17(13-15)16-5-2-3-7-19(16)29-20/h4,6,8-10,13H,2-3,5,7,11-12,14H2,1H3,(H,24,25). The lowest BCUT2D eigenvalue weighted by Gasteiger charge is -2.12. The number of benzene rings is 1. The van der Waals surface area contributed by atoms with E-state index in [0.29, 0.717) is 30.5 Å². The fraction of sp³-hybridized carbons (Fsp3) is 0.364. The molecule has 1 aromatic carbocycles. The molecular weight excluding hydrogens is 372 g/mol. The van der Waals surface area contributed by atoms with Gasteiger partial charge in [-0.05, 0) is 49.6 Å². The van der Waals surface area contributed by atoms with Gasteiger partial charge in [-0.15, -0.1) is 0 Å². The van der Waals surface area contributed by atoms with Gasteiger partial charge in [0, 0.05) is 30.7 Å². The van der Waals surface area contributed by atoms with Gasteiger partial charge >= 0.3 is 0 Å². The molecule has 0 fully saturated rings. The van der Waals surface area contributed by atoms with Crippen LogP contribution in [0.25, 0.3) is 11.0 Å². The predicted molar refractivity (Wildman–Crippen MR) is 109 cm³/mol. The van der Waals surface area contributed by atoms with Gasteiger partial charge in [-0.25, -0.2) is 4.98 Å². The van der Waals surface area contributed by atoms with Crippen LogP contribution in [-0.2, 0) is 22.4 Å². The molecule has 7 nitrogen and oxygen atoms in total. The lowest BCUT2D eigenvalue weighted by atomic mass is 9.96. The van der Waals surface area contributed by atoms with Crippen molar-refractivity contribution < 1.29 is 23.4 Å². The monoisotopic (exact) mass is 396 g/mol. The van der Waals surface area contributed by atoms with Gasteiger partial charge in [-0.3, -0.25) is 4.79 Å². The Morgan fingerprint density at radius 1 is 1.17 bits per heavy atom. The lowest BCUT2D eigenvalue weighted by Crippen LogP contribution is -2.21. The number of amides is 1. The minimum Gasteiger partial charge on any atom is -0.484 e. The van der Waals surface area contributed by atoms with Crippen LogP contribution in [0.15, 0.2) is 40.9 Å². The fourth-order valence-electron chi connectivity index (χ4n) is 3.49. The van der Waals surface area contributed by atoms with Crippen LogP contribution in [0.1, 0.15) is 24.2 Å². The summed E-state index contributed by atoms with van der Waals surface area (Å²) in [5.41, 5.74) is 2.65. The zero-order chi connectivity index (χ0) is 20.1. The van der Waals surface area contributed by atoms with Crippen LogP contribution < -0.4 is 14.8 Å². The van der Waals surface area contributed by atoms with Crippen molar-refractivity contribution in [2.45, 2.75) is 25.7 Å². The number of nitrogens with one attached hydrogen (secondary N) is 1. The Morgan fingerprint density at radius 2 is 2.07 bits per heavy atom. The van der Waals surface area contributed by atoms with Crippen molar-refractivity contribution >= 4 is 22.6 Å². The zero-order valence-electron chi connectivity index (χ0n) is 16.4. The SMILES string of the molecule is COCCOc1ncccc1NC(=O)COc1ccc2oc3c(c2c1)CCCC3. The van der Waals surface area contributed by atoms with Crippen molar-refractivity contribution in [3.8, 4) is 11.6 Å². The Hall–Kier alpha value is -3.06. The second-order valence-electron chi connectivity index (χ2n) is 6.90. The molecule has 0 bridgehead atoms. The summed E-state index contributed by atoms with van der Waals surface area (Å²) in [7, 11) is 1.60. The molecule has 0 radical (unpaired) electrons. The Morgan fingerprint density at radius 3 is 2.97 bits per heavy atom. The van der Waals surface area contributed by atoms with Gasteiger partial charge in [-0.2, -0.15) is 0 Å².